The van der Waals surface area contributed by atoms with Gasteiger partial charge in [0.1, 0.15) is 0 Å². The number of carbonyl (C=O) groups is 1. The molecule has 0 unspecified atom stereocenters. The Morgan fingerprint density at radius 2 is 1.70 bits per heavy atom. The summed E-state index contributed by atoms with van der Waals surface area (Å²) in [4.78, 5) is 14.8. The van der Waals surface area contributed by atoms with E-state index in [0.717, 1.165) is 31.8 Å². The lowest BCUT2D eigenvalue weighted by atomic mass is 9.89. The van der Waals surface area contributed by atoms with Gasteiger partial charge < -0.3 is 4.90 Å². The first-order chi connectivity index (χ1) is 10.8. The molecule has 0 bridgehead atoms. The fourth-order valence-electron chi connectivity index (χ4n) is 3.83. The molecule has 2 aliphatic rings. The molecule has 134 valence electrons. The van der Waals surface area contributed by atoms with Gasteiger partial charge in [0.2, 0.25) is 15.9 Å². The predicted molar refractivity (Wildman–Crippen MR) is 92.5 cm³/mol. The molecular formula is C17H32N2O3S. The van der Waals surface area contributed by atoms with Crippen LogP contribution in [0.1, 0.15) is 52.9 Å². The molecule has 2 fully saturated rings. The van der Waals surface area contributed by atoms with E-state index in [-0.39, 0.29) is 17.6 Å². The van der Waals surface area contributed by atoms with Crippen molar-refractivity contribution in [1.29, 1.82) is 0 Å². The first-order valence-electron chi connectivity index (χ1n) is 9.11. The summed E-state index contributed by atoms with van der Waals surface area (Å²) < 4.78 is 25.4. The third kappa shape index (κ3) is 4.69. The van der Waals surface area contributed by atoms with Crippen molar-refractivity contribution >= 4 is 15.9 Å². The Bertz CT molecular complexity index is 496. The second-order valence-corrected chi connectivity index (χ2v) is 9.59. The molecule has 2 saturated heterocycles. The average molecular weight is 345 g/mol. The van der Waals surface area contributed by atoms with E-state index in [1.807, 2.05) is 4.90 Å². The zero-order chi connectivity index (χ0) is 17.0. The van der Waals surface area contributed by atoms with Gasteiger partial charge in [-0.3, -0.25) is 4.79 Å². The van der Waals surface area contributed by atoms with Crippen LogP contribution in [0.3, 0.4) is 0 Å². The summed E-state index contributed by atoms with van der Waals surface area (Å²) >= 11 is 0. The number of rotatable bonds is 4. The summed E-state index contributed by atoms with van der Waals surface area (Å²) in [6.45, 7) is 8.95. The van der Waals surface area contributed by atoms with E-state index < -0.39 is 10.0 Å². The van der Waals surface area contributed by atoms with E-state index in [2.05, 4.69) is 13.8 Å². The van der Waals surface area contributed by atoms with Crippen molar-refractivity contribution in [3.8, 4) is 0 Å². The fourth-order valence-corrected chi connectivity index (χ4v) is 4.96. The molecule has 5 nitrogen and oxygen atoms in total. The Labute approximate surface area is 141 Å². The van der Waals surface area contributed by atoms with Crippen molar-refractivity contribution in [1.82, 2.24) is 9.21 Å². The van der Waals surface area contributed by atoms with Gasteiger partial charge in [-0.25, -0.2) is 12.7 Å². The molecule has 0 spiro atoms. The summed E-state index contributed by atoms with van der Waals surface area (Å²) in [5.74, 6) is 1.82. The molecule has 0 saturated carbocycles. The van der Waals surface area contributed by atoms with Crippen molar-refractivity contribution in [2.45, 2.75) is 52.9 Å². The molecule has 0 aromatic rings. The largest absolute Gasteiger partial charge is 0.342 e. The van der Waals surface area contributed by atoms with Crippen molar-refractivity contribution in [2.75, 3.05) is 31.9 Å². The molecular weight excluding hydrogens is 312 g/mol. The SMILES string of the molecule is CCS(=O)(=O)N1CCC(C(=O)N2CCC[C@@H](C(C)C)CC2)CC1. The van der Waals surface area contributed by atoms with E-state index in [9.17, 15) is 13.2 Å². The van der Waals surface area contributed by atoms with Crippen LogP contribution in [0, 0.1) is 17.8 Å². The normalized spacial score (nSPS) is 25.6. The number of likely N-dealkylation sites (tertiary alicyclic amines) is 1. The maximum absolute atomic E-state index is 12.8. The predicted octanol–water partition coefficient (Wildman–Crippen LogP) is 2.33. The monoisotopic (exact) mass is 344 g/mol. The van der Waals surface area contributed by atoms with Crippen molar-refractivity contribution < 1.29 is 13.2 Å². The van der Waals surface area contributed by atoms with Crippen LogP contribution in [0.4, 0.5) is 0 Å². The highest BCUT2D eigenvalue weighted by molar-refractivity contribution is 7.89. The number of nitrogens with zero attached hydrogens (tertiary/aromatic N) is 2. The summed E-state index contributed by atoms with van der Waals surface area (Å²) in [6, 6.07) is 0. The topological polar surface area (TPSA) is 57.7 Å². The van der Waals surface area contributed by atoms with Crippen LogP contribution in [0.5, 0.6) is 0 Å². The van der Waals surface area contributed by atoms with Crippen LogP contribution in [0.2, 0.25) is 0 Å². The first-order valence-corrected chi connectivity index (χ1v) is 10.7. The van der Waals surface area contributed by atoms with Gasteiger partial charge in [0.15, 0.2) is 0 Å². The highest BCUT2D eigenvalue weighted by Gasteiger charge is 2.33. The smallest absolute Gasteiger partial charge is 0.225 e. The standard InChI is InChI=1S/C17H32N2O3S/c1-4-23(21,22)19-12-8-16(9-13-19)17(20)18-10-5-6-15(7-11-18)14(2)3/h14-16H,4-13H2,1-3H3/t15-/m1/s1. The minimum Gasteiger partial charge on any atom is -0.342 e. The number of piperidine rings is 1. The van der Waals surface area contributed by atoms with Crippen LogP contribution < -0.4 is 0 Å². The van der Waals surface area contributed by atoms with Crippen molar-refractivity contribution in [3.63, 3.8) is 0 Å². The fraction of sp³-hybridized carbons (Fsp3) is 0.941. The Hall–Kier alpha value is -0.620. The van der Waals surface area contributed by atoms with E-state index in [0.29, 0.717) is 31.8 Å². The first kappa shape index (κ1) is 18.7. The zero-order valence-electron chi connectivity index (χ0n) is 14.8. The molecule has 1 atom stereocenters. The molecule has 2 aliphatic heterocycles. The molecule has 0 radical (unpaired) electrons. The minimum absolute atomic E-state index is 0.00825. The second-order valence-electron chi connectivity index (χ2n) is 7.33. The molecule has 0 aliphatic carbocycles. The highest BCUT2D eigenvalue weighted by Crippen LogP contribution is 2.27. The molecule has 0 aromatic heterocycles. The number of sulfonamides is 1. The van der Waals surface area contributed by atoms with E-state index in [1.165, 1.54) is 6.42 Å². The quantitative estimate of drug-likeness (QED) is 0.786. The third-order valence-corrected chi connectivity index (χ3v) is 7.47. The van der Waals surface area contributed by atoms with E-state index in [1.54, 1.807) is 11.2 Å². The lowest BCUT2D eigenvalue weighted by Gasteiger charge is -2.33. The minimum atomic E-state index is -3.11. The third-order valence-electron chi connectivity index (χ3n) is 5.59. The Morgan fingerprint density at radius 1 is 1.04 bits per heavy atom. The number of carbonyl (C=O) groups excluding carboxylic acids is 1. The van der Waals surface area contributed by atoms with Crippen LogP contribution >= 0.6 is 0 Å². The molecule has 23 heavy (non-hydrogen) atoms. The molecule has 0 aromatic carbocycles. The second kappa shape index (κ2) is 7.97. The van der Waals surface area contributed by atoms with Gasteiger partial charge in [-0.05, 0) is 50.9 Å². The lowest BCUT2D eigenvalue weighted by Crippen LogP contribution is -2.45. The Kier molecular flexibility index (Phi) is 6.48. The zero-order valence-corrected chi connectivity index (χ0v) is 15.6. The van der Waals surface area contributed by atoms with Gasteiger partial charge >= 0.3 is 0 Å². The van der Waals surface area contributed by atoms with Gasteiger partial charge in [-0.1, -0.05) is 13.8 Å². The van der Waals surface area contributed by atoms with Crippen molar-refractivity contribution in [3.05, 3.63) is 0 Å². The maximum Gasteiger partial charge on any atom is 0.225 e. The van der Waals surface area contributed by atoms with Crippen LogP contribution in [-0.2, 0) is 14.8 Å². The van der Waals surface area contributed by atoms with Gasteiger partial charge in [-0.2, -0.15) is 0 Å². The number of hydrogen-bond acceptors (Lipinski definition) is 3. The van der Waals surface area contributed by atoms with Gasteiger partial charge in [0.05, 0.1) is 5.75 Å². The van der Waals surface area contributed by atoms with Crippen LogP contribution in [-0.4, -0.2) is 55.5 Å². The summed E-state index contributed by atoms with van der Waals surface area (Å²) in [6.07, 6.45) is 4.75. The lowest BCUT2D eigenvalue weighted by molar-refractivity contribution is -0.136. The van der Waals surface area contributed by atoms with Gasteiger partial charge in [0, 0.05) is 32.1 Å². The molecule has 0 N–H and O–H groups in total. The summed E-state index contributed by atoms with van der Waals surface area (Å²) in [7, 11) is -3.11. The van der Waals surface area contributed by atoms with Gasteiger partial charge in [-0.15, -0.1) is 0 Å². The Morgan fingerprint density at radius 3 is 2.26 bits per heavy atom. The van der Waals surface area contributed by atoms with E-state index >= 15 is 0 Å². The Balaban J connectivity index is 1.87. The molecule has 1 amide bonds. The average Bonchev–Trinajstić information content (AvgIpc) is 2.80. The van der Waals surface area contributed by atoms with Crippen LogP contribution in [0.25, 0.3) is 0 Å². The maximum atomic E-state index is 12.8. The van der Waals surface area contributed by atoms with Gasteiger partial charge in [0.25, 0.3) is 0 Å². The molecule has 2 heterocycles. The van der Waals surface area contributed by atoms with E-state index in [4.69, 9.17) is 0 Å². The molecule has 2 rings (SSSR count). The molecule has 6 heteroatoms. The summed E-state index contributed by atoms with van der Waals surface area (Å²) in [5, 5.41) is 0. The highest BCUT2D eigenvalue weighted by atomic mass is 32.2. The number of amides is 1. The van der Waals surface area contributed by atoms with Crippen molar-refractivity contribution in [2.24, 2.45) is 17.8 Å². The number of hydrogen-bond donors (Lipinski definition) is 0. The van der Waals surface area contributed by atoms with Crippen LogP contribution in [0.15, 0.2) is 0 Å². The summed E-state index contributed by atoms with van der Waals surface area (Å²) in [5.41, 5.74) is 0.